The van der Waals surface area contributed by atoms with Crippen LogP contribution in [-0.2, 0) is 0 Å². The highest BCUT2D eigenvalue weighted by atomic mass is 79.9. The Balaban J connectivity index is 2.17. The summed E-state index contributed by atoms with van der Waals surface area (Å²) >= 11 is 3.51. The highest BCUT2D eigenvalue weighted by Gasteiger charge is 2.15. The minimum Gasteiger partial charge on any atom is -0.493 e. The number of hydrogen-bond acceptors (Lipinski definition) is 3. The van der Waals surface area contributed by atoms with E-state index < -0.39 is 0 Å². The van der Waals surface area contributed by atoms with E-state index in [4.69, 9.17) is 9.47 Å². The first kappa shape index (κ1) is 17.3. The molecule has 4 nitrogen and oxygen atoms in total. The zero-order valence-electron chi connectivity index (χ0n) is 13.4. The second-order valence-corrected chi connectivity index (χ2v) is 5.87. The maximum absolute atomic E-state index is 12.5. The molecule has 1 unspecified atom stereocenters. The number of nitrogens with one attached hydrogen (secondary N) is 1. The number of methoxy groups -OCH3 is 1. The summed E-state index contributed by atoms with van der Waals surface area (Å²) in [5.41, 5.74) is 1.56. The molecule has 122 valence electrons. The summed E-state index contributed by atoms with van der Waals surface area (Å²) in [7, 11) is 1.58. The Morgan fingerprint density at radius 3 is 2.61 bits per heavy atom. The van der Waals surface area contributed by atoms with Crippen molar-refractivity contribution in [3.8, 4) is 11.5 Å². The topological polar surface area (TPSA) is 47.6 Å². The third-order valence-electron chi connectivity index (χ3n) is 3.44. The van der Waals surface area contributed by atoms with Gasteiger partial charge in [0.25, 0.3) is 5.91 Å². The molecule has 1 N–H and O–H groups in total. The van der Waals surface area contributed by atoms with Crippen molar-refractivity contribution in [2.75, 3.05) is 13.7 Å². The molecule has 0 spiro atoms. The summed E-state index contributed by atoms with van der Waals surface area (Å²) < 4.78 is 11.7. The molecule has 2 rings (SSSR count). The van der Waals surface area contributed by atoms with E-state index >= 15 is 0 Å². The summed E-state index contributed by atoms with van der Waals surface area (Å²) in [5.74, 6) is 1.02. The molecule has 2 aromatic carbocycles. The fourth-order valence-electron chi connectivity index (χ4n) is 2.27. The molecule has 0 saturated carbocycles. The monoisotopic (exact) mass is 377 g/mol. The number of amides is 1. The van der Waals surface area contributed by atoms with Gasteiger partial charge in [-0.2, -0.15) is 0 Å². The first-order chi connectivity index (χ1) is 11.1. The van der Waals surface area contributed by atoms with Gasteiger partial charge in [-0.1, -0.05) is 34.1 Å². The van der Waals surface area contributed by atoms with Gasteiger partial charge in [0.2, 0.25) is 0 Å². The van der Waals surface area contributed by atoms with Crippen LogP contribution in [0.25, 0.3) is 0 Å². The third-order valence-corrected chi connectivity index (χ3v) is 4.17. The molecular weight excluding hydrogens is 358 g/mol. The van der Waals surface area contributed by atoms with E-state index in [2.05, 4.69) is 21.2 Å². The van der Waals surface area contributed by atoms with Crippen molar-refractivity contribution in [3.05, 3.63) is 58.1 Å². The van der Waals surface area contributed by atoms with Crippen LogP contribution in [0.3, 0.4) is 0 Å². The van der Waals surface area contributed by atoms with Crippen LogP contribution in [-0.4, -0.2) is 19.6 Å². The molecule has 0 aliphatic carbocycles. The Bertz CT molecular complexity index is 688. The van der Waals surface area contributed by atoms with E-state index in [1.807, 2.05) is 38.1 Å². The van der Waals surface area contributed by atoms with Crippen LogP contribution in [0.4, 0.5) is 0 Å². The molecule has 0 fully saturated rings. The molecule has 0 radical (unpaired) electrons. The van der Waals surface area contributed by atoms with Gasteiger partial charge in [0, 0.05) is 10.0 Å². The van der Waals surface area contributed by atoms with Crippen LogP contribution in [0.1, 0.15) is 35.8 Å². The molecule has 0 saturated heterocycles. The Labute approximate surface area is 144 Å². The van der Waals surface area contributed by atoms with E-state index in [1.54, 1.807) is 25.3 Å². The van der Waals surface area contributed by atoms with E-state index in [0.29, 0.717) is 23.7 Å². The van der Waals surface area contributed by atoms with Gasteiger partial charge in [-0.15, -0.1) is 0 Å². The van der Waals surface area contributed by atoms with Crippen LogP contribution < -0.4 is 14.8 Å². The van der Waals surface area contributed by atoms with Crippen molar-refractivity contribution < 1.29 is 14.3 Å². The van der Waals surface area contributed by atoms with Gasteiger partial charge in [0.15, 0.2) is 11.5 Å². The maximum atomic E-state index is 12.5. The molecule has 2 aromatic rings. The molecular formula is C18H20BrNO3. The smallest absolute Gasteiger partial charge is 0.251 e. The second-order valence-electron chi connectivity index (χ2n) is 5.02. The number of carbonyl (C=O) groups is 1. The molecule has 0 heterocycles. The minimum absolute atomic E-state index is 0.115. The van der Waals surface area contributed by atoms with Crippen molar-refractivity contribution in [3.63, 3.8) is 0 Å². The molecule has 1 atom stereocenters. The van der Waals surface area contributed by atoms with E-state index in [-0.39, 0.29) is 11.9 Å². The lowest BCUT2D eigenvalue weighted by Gasteiger charge is -2.17. The standard InChI is InChI=1S/C18H20BrNO3/c1-4-23-17-11-13(9-10-16(17)22-3)18(21)20-12(2)14-7-5-6-8-15(14)19/h5-12H,4H2,1-3H3,(H,20,21). The first-order valence-corrected chi connectivity index (χ1v) is 8.22. The van der Waals surface area contributed by atoms with E-state index in [9.17, 15) is 4.79 Å². The van der Waals surface area contributed by atoms with Gasteiger partial charge < -0.3 is 14.8 Å². The molecule has 0 aromatic heterocycles. The van der Waals surface area contributed by atoms with Crippen LogP contribution in [0.15, 0.2) is 46.9 Å². The third kappa shape index (κ3) is 4.26. The molecule has 0 bridgehead atoms. The van der Waals surface area contributed by atoms with Gasteiger partial charge in [0.1, 0.15) is 0 Å². The van der Waals surface area contributed by atoms with Crippen LogP contribution in [0.2, 0.25) is 0 Å². The predicted molar refractivity (Wildman–Crippen MR) is 94.2 cm³/mol. The minimum atomic E-state index is -0.156. The first-order valence-electron chi connectivity index (χ1n) is 7.43. The van der Waals surface area contributed by atoms with Crippen molar-refractivity contribution in [2.45, 2.75) is 19.9 Å². The average Bonchev–Trinajstić information content (AvgIpc) is 2.55. The molecule has 0 aliphatic rings. The van der Waals surface area contributed by atoms with Crippen LogP contribution in [0.5, 0.6) is 11.5 Å². The fraction of sp³-hybridized carbons (Fsp3) is 0.278. The summed E-state index contributed by atoms with van der Waals surface area (Å²) in [5, 5.41) is 2.99. The highest BCUT2D eigenvalue weighted by molar-refractivity contribution is 9.10. The van der Waals surface area contributed by atoms with Crippen molar-refractivity contribution in [2.24, 2.45) is 0 Å². The number of benzene rings is 2. The highest BCUT2D eigenvalue weighted by Crippen LogP contribution is 2.28. The van der Waals surface area contributed by atoms with Crippen molar-refractivity contribution in [1.29, 1.82) is 0 Å². The Hall–Kier alpha value is -2.01. The van der Waals surface area contributed by atoms with Gasteiger partial charge >= 0.3 is 0 Å². The molecule has 0 aliphatic heterocycles. The largest absolute Gasteiger partial charge is 0.493 e. The van der Waals surface area contributed by atoms with Gasteiger partial charge in [-0.3, -0.25) is 4.79 Å². The Morgan fingerprint density at radius 1 is 1.22 bits per heavy atom. The van der Waals surface area contributed by atoms with E-state index in [0.717, 1.165) is 10.0 Å². The molecule has 1 amide bonds. The SMILES string of the molecule is CCOc1cc(C(=O)NC(C)c2ccccc2Br)ccc1OC. The summed E-state index contributed by atoms with van der Waals surface area (Å²) in [6.07, 6.45) is 0. The van der Waals surface area contributed by atoms with Crippen LogP contribution in [0, 0.1) is 0 Å². The zero-order valence-corrected chi connectivity index (χ0v) is 15.0. The quantitative estimate of drug-likeness (QED) is 0.813. The number of rotatable bonds is 6. The predicted octanol–water partition coefficient (Wildman–Crippen LogP) is 4.35. The Kier molecular flexibility index (Phi) is 6.04. The number of carbonyl (C=O) groups excluding carboxylic acids is 1. The molecule has 5 heteroatoms. The summed E-state index contributed by atoms with van der Waals surface area (Å²) in [6, 6.07) is 12.9. The number of hydrogen-bond donors (Lipinski definition) is 1. The van der Waals surface area contributed by atoms with Crippen molar-refractivity contribution >= 4 is 21.8 Å². The maximum Gasteiger partial charge on any atom is 0.251 e. The van der Waals surface area contributed by atoms with Gasteiger partial charge in [0.05, 0.1) is 19.8 Å². The van der Waals surface area contributed by atoms with Crippen molar-refractivity contribution in [1.82, 2.24) is 5.32 Å². The number of halogens is 1. The Morgan fingerprint density at radius 2 is 1.96 bits per heavy atom. The van der Waals surface area contributed by atoms with Crippen LogP contribution >= 0.6 is 15.9 Å². The lowest BCUT2D eigenvalue weighted by Crippen LogP contribution is -2.26. The lowest BCUT2D eigenvalue weighted by molar-refractivity contribution is 0.0939. The van der Waals surface area contributed by atoms with E-state index in [1.165, 1.54) is 0 Å². The normalized spacial score (nSPS) is 11.7. The lowest BCUT2D eigenvalue weighted by atomic mass is 10.1. The summed E-state index contributed by atoms with van der Waals surface area (Å²) in [4.78, 5) is 12.5. The number of ether oxygens (including phenoxy) is 2. The van der Waals surface area contributed by atoms with Gasteiger partial charge in [-0.25, -0.2) is 0 Å². The summed E-state index contributed by atoms with van der Waals surface area (Å²) in [6.45, 7) is 4.35. The zero-order chi connectivity index (χ0) is 16.8. The average molecular weight is 378 g/mol. The molecule has 23 heavy (non-hydrogen) atoms. The second kappa shape index (κ2) is 8.02. The fourth-order valence-corrected chi connectivity index (χ4v) is 2.90. The van der Waals surface area contributed by atoms with Gasteiger partial charge in [-0.05, 0) is 43.7 Å².